The van der Waals surface area contributed by atoms with E-state index >= 15 is 0 Å². The minimum atomic E-state index is -0.331. The predicted octanol–water partition coefficient (Wildman–Crippen LogP) is 0.537. The highest BCUT2D eigenvalue weighted by atomic mass is 16.3. The molecule has 0 saturated heterocycles. The number of aliphatic hydroxyl groups excluding tert-OH is 1. The van der Waals surface area contributed by atoms with Gasteiger partial charge in [0.05, 0.1) is 12.8 Å². The summed E-state index contributed by atoms with van der Waals surface area (Å²) in [6, 6.07) is 0.169. The average molecular weight is 265 g/mol. The molecule has 0 unspecified atom stereocenters. The molecule has 2 rings (SSSR count). The van der Waals surface area contributed by atoms with Crippen molar-refractivity contribution < 1.29 is 9.90 Å². The monoisotopic (exact) mass is 265 g/mol. The molecule has 1 aliphatic rings. The summed E-state index contributed by atoms with van der Waals surface area (Å²) in [6.07, 6.45) is 7.79. The van der Waals surface area contributed by atoms with Gasteiger partial charge in [0.15, 0.2) is 0 Å². The van der Waals surface area contributed by atoms with E-state index in [4.69, 9.17) is 5.11 Å². The van der Waals surface area contributed by atoms with E-state index in [1.165, 1.54) is 12.6 Å². The van der Waals surface area contributed by atoms with Gasteiger partial charge in [-0.3, -0.25) is 9.59 Å². The predicted molar refractivity (Wildman–Crippen MR) is 69.9 cm³/mol. The molecule has 1 saturated carbocycles. The highest BCUT2D eigenvalue weighted by molar-refractivity contribution is 5.92. The van der Waals surface area contributed by atoms with Crippen LogP contribution in [-0.2, 0) is 0 Å². The zero-order valence-electron chi connectivity index (χ0n) is 10.8. The molecule has 0 aromatic carbocycles. The molecule has 0 aliphatic heterocycles. The summed E-state index contributed by atoms with van der Waals surface area (Å²) in [4.78, 5) is 31.3. The van der Waals surface area contributed by atoms with Gasteiger partial charge < -0.3 is 15.0 Å². The first-order valence-electron chi connectivity index (χ1n) is 6.69. The standard InChI is InChI=1S/C13H19N3O3/c17-7-6-16(10-4-2-1-3-5-10)13(19)11-8-15-12(18)9-14-11/h8-10,17H,1-7H2,(H,15,18). The van der Waals surface area contributed by atoms with Crippen molar-refractivity contribution in [1.29, 1.82) is 0 Å². The Labute approximate surface area is 111 Å². The van der Waals surface area contributed by atoms with Gasteiger partial charge in [-0.05, 0) is 12.8 Å². The molecule has 1 heterocycles. The molecular weight excluding hydrogens is 246 g/mol. The Balaban J connectivity index is 2.15. The third-order valence-electron chi connectivity index (χ3n) is 3.51. The van der Waals surface area contributed by atoms with E-state index in [9.17, 15) is 9.59 Å². The van der Waals surface area contributed by atoms with Crippen LogP contribution in [0, 0.1) is 0 Å². The Kier molecular flexibility index (Phi) is 4.68. The molecule has 1 aliphatic carbocycles. The fraction of sp³-hybridized carbons (Fsp3) is 0.615. The lowest BCUT2D eigenvalue weighted by Crippen LogP contribution is -2.43. The summed E-state index contributed by atoms with van der Waals surface area (Å²) in [5.41, 5.74) is -0.110. The van der Waals surface area contributed by atoms with Crippen molar-refractivity contribution in [2.24, 2.45) is 0 Å². The van der Waals surface area contributed by atoms with Gasteiger partial charge in [0.25, 0.3) is 11.5 Å². The van der Waals surface area contributed by atoms with Crippen LogP contribution in [-0.4, -0.2) is 45.1 Å². The van der Waals surface area contributed by atoms with Gasteiger partial charge in [-0.15, -0.1) is 0 Å². The molecule has 0 bridgehead atoms. The number of rotatable bonds is 4. The molecule has 1 fully saturated rings. The molecule has 2 N–H and O–H groups in total. The number of amides is 1. The maximum absolute atomic E-state index is 12.4. The first kappa shape index (κ1) is 13.7. The number of hydrogen-bond donors (Lipinski definition) is 2. The van der Waals surface area contributed by atoms with E-state index in [1.807, 2.05) is 0 Å². The van der Waals surface area contributed by atoms with Gasteiger partial charge in [-0.25, -0.2) is 4.98 Å². The van der Waals surface area contributed by atoms with Gasteiger partial charge in [0.1, 0.15) is 5.69 Å². The van der Waals surface area contributed by atoms with Crippen molar-refractivity contribution in [3.05, 3.63) is 28.4 Å². The second kappa shape index (κ2) is 6.47. The lowest BCUT2D eigenvalue weighted by atomic mass is 9.94. The van der Waals surface area contributed by atoms with E-state index in [-0.39, 0.29) is 29.8 Å². The second-order valence-electron chi connectivity index (χ2n) is 4.81. The van der Waals surface area contributed by atoms with Crippen LogP contribution in [0.15, 0.2) is 17.2 Å². The fourth-order valence-electron chi connectivity index (χ4n) is 2.56. The average Bonchev–Trinajstić information content (AvgIpc) is 2.46. The minimum absolute atomic E-state index is 0.0639. The first-order chi connectivity index (χ1) is 9.22. The number of nitrogens with zero attached hydrogens (tertiary/aromatic N) is 2. The molecule has 6 nitrogen and oxygen atoms in total. The molecule has 1 aromatic heterocycles. The number of H-pyrrole nitrogens is 1. The Hall–Kier alpha value is -1.69. The lowest BCUT2D eigenvalue weighted by Gasteiger charge is -2.33. The Morgan fingerprint density at radius 1 is 1.42 bits per heavy atom. The molecular formula is C13H19N3O3. The highest BCUT2D eigenvalue weighted by Gasteiger charge is 2.26. The Bertz CT molecular complexity index is 460. The van der Waals surface area contributed by atoms with E-state index in [2.05, 4.69) is 9.97 Å². The molecule has 19 heavy (non-hydrogen) atoms. The van der Waals surface area contributed by atoms with Crippen molar-refractivity contribution in [2.75, 3.05) is 13.2 Å². The van der Waals surface area contributed by atoms with Crippen LogP contribution in [0.5, 0.6) is 0 Å². The summed E-state index contributed by atoms with van der Waals surface area (Å²) >= 11 is 0. The fourth-order valence-corrected chi connectivity index (χ4v) is 2.56. The van der Waals surface area contributed by atoms with Crippen LogP contribution >= 0.6 is 0 Å². The SMILES string of the molecule is O=C(c1c[nH]c(=O)cn1)N(CCO)C1CCCCC1. The number of hydrogen-bond acceptors (Lipinski definition) is 4. The van der Waals surface area contributed by atoms with Crippen molar-refractivity contribution in [3.8, 4) is 0 Å². The highest BCUT2D eigenvalue weighted by Crippen LogP contribution is 2.23. The topological polar surface area (TPSA) is 86.3 Å². The van der Waals surface area contributed by atoms with E-state index in [0.717, 1.165) is 31.9 Å². The van der Waals surface area contributed by atoms with Gasteiger partial charge in [0.2, 0.25) is 0 Å². The van der Waals surface area contributed by atoms with Crippen LogP contribution in [0.25, 0.3) is 0 Å². The summed E-state index contributed by atoms with van der Waals surface area (Å²) in [6.45, 7) is 0.246. The summed E-state index contributed by atoms with van der Waals surface area (Å²) in [7, 11) is 0. The van der Waals surface area contributed by atoms with Crippen LogP contribution < -0.4 is 5.56 Å². The maximum Gasteiger partial charge on any atom is 0.274 e. The molecule has 0 atom stereocenters. The molecule has 0 spiro atoms. The first-order valence-corrected chi connectivity index (χ1v) is 6.69. The van der Waals surface area contributed by atoms with Crippen LogP contribution in [0.4, 0.5) is 0 Å². The van der Waals surface area contributed by atoms with E-state index in [1.54, 1.807) is 4.90 Å². The number of aromatic nitrogens is 2. The Morgan fingerprint density at radius 3 is 2.74 bits per heavy atom. The summed E-state index contributed by atoms with van der Waals surface area (Å²) in [5.74, 6) is -0.225. The van der Waals surface area contributed by atoms with Crippen molar-refractivity contribution in [2.45, 2.75) is 38.1 Å². The van der Waals surface area contributed by atoms with Gasteiger partial charge in [-0.1, -0.05) is 19.3 Å². The van der Waals surface area contributed by atoms with Crippen molar-refractivity contribution >= 4 is 5.91 Å². The normalized spacial score (nSPS) is 16.3. The minimum Gasteiger partial charge on any atom is -0.395 e. The zero-order chi connectivity index (χ0) is 13.7. The molecule has 6 heteroatoms. The van der Waals surface area contributed by atoms with Crippen molar-refractivity contribution in [1.82, 2.24) is 14.9 Å². The largest absolute Gasteiger partial charge is 0.395 e. The second-order valence-corrected chi connectivity index (χ2v) is 4.81. The number of carbonyl (C=O) groups is 1. The number of aliphatic hydroxyl groups is 1. The quantitative estimate of drug-likeness (QED) is 0.831. The van der Waals surface area contributed by atoms with Gasteiger partial charge in [0, 0.05) is 18.8 Å². The summed E-state index contributed by atoms with van der Waals surface area (Å²) in [5, 5.41) is 9.14. The smallest absolute Gasteiger partial charge is 0.274 e. The number of carbonyl (C=O) groups excluding carboxylic acids is 1. The maximum atomic E-state index is 12.4. The van der Waals surface area contributed by atoms with Crippen LogP contribution in [0.3, 0.4) is 0 Å². The summed E-state index contributed by atoms with van der Waals surface area (Å²) < 4.78 is 0. The lowest BCUT2D eigenvalue weighted by molar-refractivity contribution is 0.0579. The third-order valence-corrected chi connectivity index (χ3v) is 3.51. The molecule has 1 aromatic rings. The van der Waals surface area contributed by atoms with Crippen LogP contribution in [0.2, 0.25) is 0 Å². The van der Waals surface area contributed by atoms with Crippen LogP contribution in [0.1, 0.15) is 42.6 Å². The molecule has 104 valence electrons. The zero-order valence-corrected chi connectivity index (χ0v) is 10.8. The van der Waals surface area contributed by atoms with Gasteiger partial charge in [-0.2, -0.15) is 0 Å². The molecule has 0 radical (unpaired) electrons. The molecule has 1 amide bonds. The third kappa shape index (κ3) is 3.41. The number of aromatic amines is 1. The Morgan fingerprint density at radius 2 is 2.16 bits per heavy atom. The van der Waals surface area contributed by atoms with Gasteiger partial charge >= 0.3 is 0 Å². The van der Waals surface area contributed by atoms with E-state index < -0.39 is 0 Å². The van der Waals surface area contributed by atoms with E-state index in [0.29, 0.717) is 6.54 Å². The number of nitrogens with one attached hydrogen (secondary N) is 1. The van der Waals surface area contributed by atoms with Crippen molar-refractivity contribution in [3.63, 3.8) is 0 Å².